The lowest BCUT2D eigenvalue weighted by Gasteiger charge is -2.28. The number of H-pyrrole nitrogens is 1. The highest BCUT2D eigenvalue weighted by Gasteiger charge is 2.14. The van der Waals surface area contributed by atoms with Crippen LogP contribution >= 0.6 is 0 Å². The Kier molecular flexibility index (Phi) is 7.32. The molecule has 0 saturated carbocycles. The van der Waals surface area contributed by atoms with Crippen molar-refractivity contribution in [1.29, 1.82) is 0 Å². The lowest BCUT2D eigenvalue weighted by molar-refractivity contribution is 0.0106. The first kappa shape index (κ1) is 24.6. The molecule has 196 valence electrons. The van der Waals surface area contributed by atoms with E-state index in [1.807, 2.05) is 42.5 Å². The Morgan fingerprint density at radius 3 is 2.45 bits per heavy atom. The van der Waals surface area contributed by atoms with Crippen molar-refractivity contribution < 1.29 is 14.3 Å². The Hall–Kier alpha value is -3.76. The number of nitrogens with one attached hydrogen (secondary N) is 3. The molecule has 1 aromatic heterocycles. The van der Waals surface area contributed by atoms with Gasteiger partial charge >= 0.3 is 0 Å². The minimum absolute atomic E-state index is 0.144. The summed E-state index contributed by atoms with van der Waals surface area (Å²) in [7, 11) is 0. The van der Waals surface area contributed by atoms with Gasteiger partial charge in [0.1, 0.15) is 5.82 Å². The molecule has 9 nitrogen and oxygen atoms in total. The number of aromatic amines is 1. The van der Waals surface area contributed by atoms with Gasteiger partial charge in [-0.2, -0.15) is 0 Å². The average Bonchev–Trinajstić information content (AvgIpc) is 3.41. The van der Waals surface area contributed by atoms with Crippen LogP contribution in [0.4, 0.5) is 11.4 Å². The number of fused-ring (bicyclic) bond motifs is 1. The number of aromatic nitrogens is 2. The molecule has 2 aliphatic heterocycles. The second-order valence-electron chi connectivity index (χ2n) is 9.55. The standard InChI is InChI=1S/C29H32N6O3/c36-29(22-4-7-25(8-5-22)34-10-14-37-15-11-34)31-24-6-9-26-27(19-24)33-28(32-26)23-3-1-2-21(18-23)20-30-35-12-16-38-17-13-35/h1-9,18-19,30H,10-17,20H2,(H,31,36)(H,32,33). The number of hydrogen-bond acceptors (Lipinski definition) is 7. The van der Waals surface area contributed by atoms with Crippen LogP contribution in [0.3, 0.4) is 0 Å². The molecule has 0 unspecified atom stereocenters. The Morgan fingerprint density at radius 2 is 1.66 bits per heavy atom. The highest BCUT2D eigenvalue weighted by atomic mass is 16.5. The first-order valence-electron chi connectivity index (χ1n) is 13.1. The number of morpholine rings is 2. The van der Waals surface area contributed by atoms with Crippen molar-refractivity contribution in [2.24, 2.45) is 0 Å². The van der Waals surface area contributed by atoms with Gasteiger partial charge < -0.3 is 24.7 Å². The molecule has 9 heteroatoms. The average molecular weight is 513 g/mol. The highest BCUT2D eigenvalue weighted by Crippen LogP contribution is 2.24. The number of rotatable bonds is 7. The first-order chi connectivity index (χ1) is 18.7. The second kappa shape index (κ2) is 11.3. The minimum atomic E-state index is -0.144. The molecule has 38 heavy (non-hydrogen) atoms. The number of amides is 1. The normalized spacial score (nSPS) is 16.6. The number of hydrogen-bond donors (Lipinski definition) is 3. The Bertz CT molecular complexity index is 1390. The Labute approximate surface area is 221 Å². The molecule has 3 heterocycles. The number of carbonyl (C=O) groups is 1. The number of imidazole rings is 1. The van der Waals surface area contributed by atoms with Crippen LogP contribution in [-0.4, -0.2) is 73.5 Å². The van der Waals surface area contributed by atoms with Crippen LogP contribution in [-0.2, 0) is 16.0 Å². The van der Waals surface area contributed by atoms with E-state index in [-0.39, 0.29) is 5.91 Å². The minimum Gasteiger partial charge on any atom is -0.379 e. The van der Waals surface area contributed by atoms with Crippen molar-refractivity contribution >= 4 is 28.3 Å². The molecule has 2 aliphatic rings. The summed E-state index contributed by atoms with van der Waals surface area (Å²) in [5.74, 6) is 0.657. The molecule has 2 fully saturated rings. The van der Waals surface area contributed by atoms with Crippen LogP contribution in [0.5, 0.6) is 0 Å². The van der Waals surface area contributed by atoms with Gasteiger partial charge in [0.2, 0.25) is 0 Å². The number of carbonyl (C=O) groups excluding carboxylic acids is 1. The van der Waals surface area contributed by atoms with Crippen molar-refractivity contribution in [2.75, 3.05) is 62.8 Å². The molecule has 1 amide bonds. The molecule has 6 rings (SSSR count). The van der Waals surface area contributed by atoms with Gasteiger partial charge in [0.25, 0.3) is 5.91 Å². The summed E-state index contributed by atoms with van der Waals surface area (Å²) in [5.41, 5.74) is 9.84. The molecular formula is C29H32N6O3. The van der Waals surface area contributed by atoms with Gasteiger partial charge in [-0.15, -0.1) is 0 Å². The van der Waals surface area contributed by atoms with E-state index >= 15 is 0 Å². The van der Waals surface area contributed by atoms with Crippen molar-refractivity contribution in [3.05, 3.63) is 77.9 Å². The predicted octanol–water partition coefficient (Wildman–Crippen LogP) is 3.66. The summed E-state index contributed by atoms with van der Waals surface area (Å²) in [6.45, 7) is 7.25. The van der Waals surface area contributed by atoms with Crippen LogP contribution in [0, 0.1) is 0 Å². The van der Waals surface area contributed by atoms with Gasteiger partial charge in [-0.3, -0.25) is 10.2 Å². The molecule has 3 N–H and O–H groups in total. The van der Waals surface area contributed by atoms with Gasteiger partial charge in [-0.1, -0.05) is 18.2 Å². The molecule has 3 aromatic carbocycles. The molecule has 0 spiro atoms. The van der Waals surface area contributed by atoms with E-state index in [1.165, 1.54) is 5.56 Å². The predicted molar refractivity (Wildman–Crippen MR) is 148 cm³/mol. The maximum Gasteiger partial charge on any atom is 0.255 e. The summed E-state index contributed by atoms with van der Waals surface area (Å²) in [6.07, 6.45) is 0. The zero-order valence-corrected chi connectivity index (χ0v) is 21.3. The third-order valence-electron chi connectivity index (χ3n) is 6.96. The van der Waals surface area contributed by atoms with Gasteiger partial charge in [-0.05, 0) is 54.1 Å². The fourth-order valence-corrected chi connectivity index (χ4v) is 4.82. The van der Waals surface area contributed by atoms with E-state index in [0.29, 0.717) is 11.3 Å². The van der Waals surface area contributed by atoms with Gasteiger partial charge in [0, 0.05) is 55.2 Å². The molecular weight excluding hydrogens is 480 g/mol. The Balaban J connectivity index is 1.12. The largest absolute Gasteiger partial charge is 0.379 e. The zero-order valence-electron chi connectivity index (χ0n) is 21.3. The topological polar surface area (TPSA) is 94.8 Å². The molecule has 0 radical (unpaired) electrons. The molecule has 0 aliphatic carbocycles. The number of nitrogens with zero attached hydrogens (tertiary/aromatic N) is 3. The third-order valence-corrected chi connectivity index (χ3v) is 6.96. The second-order valence-corrected chi connectivity index (χ2v) is 9.55. The fourth-order valence-electron chi connectivity index (χ4n) is 4.82. The van der Waals surface area contributed by atoms with Crippen molar-refractivity contribution in [2.45, 2.75) is 6.54 Å². The van der Waals surface area contributed by atoms with Gasteiger partial charge in [-0.25, -0.2) is 9.99 Å². The maximum atomic E-state index is 12.9. The van der Waals surface area contributed by atoms with Gasteiger partial charge in [0.15, 0.2) is 0 Å². The van der Waals surface area contributed by atoms with Gasteiger partial charge in [0.05, 0.1) is 37.5 Å². The zero-order chi connectivity index (χ0) is 25.7. The quantitative estimate of drug-likeness (QED) is 0.348. The first-order valence-corrected chi connectivity index (χ1v) is 13.1. The van der Waals surface area contributed by atoms with E-state index in [0.717, 1.165) is 87.3 Å². The monoisotopic (exact) mass is 512 g/mol. The lowest BCUT2D eigenvalue weighted by Crippen LogP contribution is -2.45. The van der Waals surface area contributed by atoms with E-state index in [1.54, 1.807) is 0 Å². The Morgan fingerprint density at radius 1 is 0.895 bits per heavy atom. The number of hydrazine groups is 1. The molecule has 0 bridgehead atoms. The van der Waals surface area contributed by atoms with E-state index in [2.05, 4.69) is 49.9 Å². The summed E-state index contributed by atoms with van der Waals surface area (Å²) in [6, 6.07) is 21.8. The van der Waals surface area contributed by atoms with Crippen LogP contribution in [0.25, 0.3) is 22.4 Å². The lowest BCUT2D eigenvalue weighted by atomic mass is 10.1. The van der Waals surface area contributed by atoms with Crippen LogP contribution in [0.1, 0.15) is 15.9 Å². The highest BCUT2D eigenvalue weighted by molar-refractivity contribution is 6.05. The van der Waals surface area contributed by atoms with Crippen LogP contribution in [0.2, 0.25) is 0 Å². The van der Waals surface area contributed by atoms with Crippen molar-refractivity contribution in [3.8, 4) is 11.4 Å². The van der Waals surface area contributed by atoms with Crippen molar-refractivity contribution in [1.82, 2.24) is 20.4 Å². The summed E-state index contributed by atoms with van der Waals surface area (Å²) >= 11 is 0. The number of ether oxygens (including phenoxy) is 2. The number of anilines is 2. The molecule has 0 atom stereocenters. The van der Waals surface area contributed by atoms with E-state index in [9.17, 15) is 4.79 Å². The smallest absolute Gasteiger partial charge is 0.255 e. The van der Waals surface area contributed by atoms with E-state index < -0.39 is 0 Å². The maximum absolute atomic E-state index is 12.9. The third kappa shape index (κ3) is 5.71. The van der Waals surface area contributed by atoms with E-state index in [4.69, 9.17) is 14.5 Å². The molecule has 2 saturated heterocycles. The molecule has 4 aromatic rings. The van der Waals surface area contributed by atoms with Crippen molar-refractivity contribution in [3.63, 3.8) is 0 Å². The fraction of sp³-hybridized carbons (Fsp3) is 0.310. The summed E-state index contributed by atoms with van der Waals surface area (Å²) in [4.78, 5) is 23.4. The van der Waals surface area contributed by atoms with Crippen LogP contribution < -0.4 is 15.6 Å². The summed E-state index contributed by atoms with van der Waals surface area (Å²) < 4.78 is 10.8. The summed E-state index contributed by atoms with van der Waals surface area (Å²) in [5, 5.41) is 5.21. The van der Waals surface area contributed by atoms with Crippen LogP contribution in [0.15, 0.2) is 66.7 Å². The number of benzene rings is 3. The SMILES string of the molecule is O=C(Nc1ccc2[nH]c(-c3cccc(CNN4CCOCC4)c3)nc2c1)c1ccc(N2CCOCC2)cc1.